The first-order valence-corrected chi connectivity index (χ1v) is 23.1. The molecule has 0 rings (SSSR count). The van der Waals surface area contributed by atoms with Crippen LogP contribution >= 0.6 is 21.6 Å². The molecule has 0 aromatic rings. The largest absolute Gasteiger partial charge is 0.385 e. The fourth-order valence-electron chi connectivity index (χ4n) is 5.56. The highest BCUT2D eigenvalue weighted by Crippen LogP contribution is 2.27. The quantitative estimate of drug-likeness (QED) is 0.0499. The standard InChI is InChI=1S/C30H66O2S2Si2/c1-7-11-15-25-35(26-16-12-8-2)29(31-5)21-19-23-33-34-24-20-22-30(32-6)36(27-17-13-9-3)28-18-14-10-4/h29-30,35-36H,7-28H2,1-6H3. The second-order valence-electron chi connectivity index (χ2n) is 11.0. The van der Waals surface area contributed by atoms with Crippen molar-refractivity contribution in [3.05, 3.63) is 0 Å². The maximum Gasteiger partial charge on any atom is 0.0716 e. The van der Waals surface area contributed by atoms with E-state index in [1.165, 1.54) is 138 Å². The smallest absolute Gasteiger partial charge is 0.0716 e. The number of methoxy groups -OCH3 is 2. The predicted molar refractivity (Wildman–Crippen MR) is 177 cm³/mol. The summed E-state index contributed by atoms with van der Waals surface area (Å²) < 4.78 is 12.2. The monoisotopic (exact) mass is 578 g/mol. The van der Waals surface area contributed by atoms with Gasteiger partial charge in [0.15, 0.2) is 0 Å². The molecule has 218 valence electrons. The zero-order chi connectivity index (χ0) is 26.7. The van der Waals surface area contributed by atoms with Gasteiger partial charge in [-0.15, -0.1) is 0 Å². The Bertz CT molecular complexity index is 374. The van der Waals surface area contributed by atoms with Crippen LogP contribution < -0.4 is 0 Å². The zero-order valence-corrected chi connectivity index (χ0v) is 29.4. The van der Waals surface area contributed by atoms with Crippen molar-refractivity contribution < 1.29 is 9.47 Å². The molecule has 0 aromatic carbocycles. The lowest BCUT2D eigenvalue weighted by molar-refractivity contribution is 0.151. The number of hydrogen-bond donors (Lipinski definition) is 0. The average molecular weight is 579 g/mol. The van der Waals surface area contributed by atoms with Crippen LogP contribution in [0.15, 0.2) is 0 Å². The van der Waals surface area contributed by atoms with Crippen LogP contribution in [0.25, 0.3) is 0 Å². The lowest BCUT2D eigenvalue weighted by atomic mass is 10.3. The SMILES string of the molecule is CCCCC[SiH](CCCCC)C(CCCSSCCCC(OC)[SiH](CCCCC)CCCCC)OC. The molecule has 0 aliphatic carbocycles. The first-order valence-electron chi connectivity index (χ1n) is 16.0. The fourth-order valence-corrected chi connectivity index (χ4v) is 15.3. The fraction of sp³-hybridized carbons (Fsp3) is 1.00. The summed E-state index contributed by atoms with van der Waals surface area (Å²) in [5, 5.41) is 0. The van der Waals surface area contributed by atoms with E-state index in [-0.39, 0.29) is 0 Å². The van der Waals surface area contributed by atoms with Gasteiger partial charge in [0.2, 0.25) is 0 Å². The highest BCUT2D eigenvalue weighted by molar-refractivity contribution is 8.76. The number of hydrogen-bond acceptors (Lipinski definition) is 4. The molecule has 0 spiro atoms. The van der Waals surface area contributed by atoms with Crippen LogP contribution in [-0.4, -0.2) is 54.8 Å². The van der Waals surface area contributed by atoms with Crippen molar-refractivity contribution in [2.24, 2.45) is 0 Å². The highest BCUT2D eigenvalue weighted by atomic mass is 33.1. The van der Waals surface area contributed by atoms with Crippen LogP contribution in [0.1, 0.15) is 130 Å². The van der Waals surface area contributed by atoms with Gasteiger partial charge in [0.05, 0.1) is 17.6 Å². The van der Waals surface area contributed by atoms with E-state index in [4.69, 9.17) is 9.47 Å². The molecule has 0 bridgehead atoms. The van der Waals surface area contributed by atoms with Gasteiger partial charge in [0, 0.05) is 37.2 Å². The molecule has 2 atom stereocenters. The summed E-state index contributed by atoms with van der Waals surface area (Å²) in [5.74, 6) is 2.57. The summed E-state index contributed by atoms with van der Waals surface area (Å²) in [6.45, 7) is 9.31. The molecule has 0 saturated heterocycles. The van der Waals surface area contributed by atoms with Crippen molar-refractivity contribution in [3.8, 4) is 0 Å². The molecule has 0 saturated carbocycles. The summed E-state index contributed by atoms with van der Waals surface area (Å²) in [6.07, 6.45) is 22.0. The van der Waals surface area contributed by atoms with E-state index in [1.807, 2.05) is 14.2 Å². The summed E-state index contributed by atoms with van der Waals surface area (Å²) in [7, 11) is 6.63. The zero-order valence-electron chi connectivity index (χ0n) is 25.5. The lowest BCUT2D eigenvalue weighted by Crippen LogP contribution is -2.32. The predicted octanol–water partition coefficient (Wildman–Crippen LogP) is 10.3. The van der Waals surface area contributed by atoms with Gasteiger partial charge in [-0.05, 0) is 25.7 Å². The molecule has 6 heteroatoms. The Morgan fingerprint density at radius 2 is 0.778 bits per heavy atom. The number of rotatable bonds is 29. The van der Waals surface area contributed by atoms with Crippen molar-refractivity contribution in [1.29, 1.82) is 0 Å². The van der Waals surface area contributed by atoms with E-state index in [0.29, 0.717) is 11.5 Å². The third kappa shape index (κ3) is 20.9. The molecule has 0 radical (unpaired) electrons. The molecule has 2 nitrogen and oxygen atoms in total. The van der Waals surface area contributed by atoms with Gasteiger partial charge >= 0.3 is 0 Å². The minimum Gasteiger partial charge on any atom is -0.385 e. The summed E-state index contributed by atoms with van der Waals surface area (Å²) >= 11 is 0. The van der Waals surface area contributed by atoms with Gasteiger partial charge in [0.25, 0.3) is 0 Å². The van der Waals surface area contributed by atoms with Crippen LogP contribution in [0.3, 0.4) is 0 Å². The summed E-state index contributed by atoms with van der Waals surface area (Å²) in [5.41, 5.74) is 1.21. The Morgan fingerprint density at radius 3 is 1.03 bits per heavy atom. The first kappa shape index (κ1) is 37.1. The van der Waals surface area contributed by atoms with E-state index in [2.05, 4.69) is 49.3 Å². The van der Waals surface area contributed by atoms with Crippen LogP contribution in [0.5, 0.6) is 0 Å². The molecule has 0 aromatic heterocycles. The van der Waals surface area contributed by atoms with Crippen LogP contribution in [-0.2, 0) is 9.47 Å². The second kappa shape index (κ2) is 29.0. The molecule has 0 fully saturated rings. The molecule has 0 aliphatic heterocycles. The van der Waals surface area contributed by atoms with Crippen molar-refractivity contribution >= 4 is 39.2 Å². The molecule has 0 N–H and O–H groups in total. The van der Waals surface area contributed by atoms with Crippen molar-refractivity contribution in [3.63, 3.8) is 0 Å². The molecule has 0 heterocycles. The minimum absolute atomic E-state index is 0.606. The second-order valence-corrected chi connectivity index (χ2v) is 20.5. The Balaban J connectivity index is 4.23. The molecular formula is C30H66O2S2Si2. The summed E-state index contributed by atoms with van der Waals surface area (Å²) in [4.78, 5) is 0. The maximum absolute atomic E-state index is 6.09. The normalized spacial score (nSPS) is 13.7. The molecular weight excluding hydrogens is 513 g/mol. The highest BCUT2D eigenvalue weighted by Gasteiger charge is 2.23. The van der Waals surface area contributed by atoms with Gasteiger partial charge in [0.1, 0.15) is 0 Å². The van der Waals surface area contributed by atoms with Crippen molar-refractivity contribution in [1.82, 2.24) is 0 Å². The molecule has 36 heavy (non-hydrogen) atoms. The van der Waals surface area contributed by atoms with Crippen molar-refractivity contribution in [2.45, 2.75) is 166 Å². The number of ether oxygens (including phenoxy) is 2. The average Bonchev–Trinajstić information content (AvgIpc) is 2.89. The number of unbranched alkanes of at least 4 members (excludes halogenated alkanes) is 8. The molecule has 2 unspecified atom stereocenters. The summed E-state index contributed by atoms with van der Waals surface area (Å²) in [6, 6.07) is 6.00. The Labute approximate surface area is 239 Å². The lowest BCUT2D eigenvalue weighted by Gasteiger charge is -2.25. The van der Waals surface area contributed by atoms with Crippen LogP contribution in [0, 0.1) is 0 Å². The van der Waals surface area contributed by atoms with Gasteiger partial charge < -0.3 is 9.47 Å². The van der Waals surface area contributed by atoms with E-state index >= 15 is 0 Å². The van der Waals surface area contributed by atoms with E-state index < -0.39 is 17.6 Å². The minimum atomic E-state index is -0.777. The molecule has 0 amide bonds. The Kier molecular flexibility index (Phi) is 29.9. The topological polar surface area (TPSA) is 18.5 Å². The third-order valence-electron chi connectivity index (χ3n) is 7.89. The first-order chi connectivity index (χ1) is 17.7. The van der Waals surface area contributed by atoms with Gasteiger partial charge in [-0.25, -0.2) is 0 Å². The van der Waals surface area contributed by atoms with Gasteiger partial charge in [-0.1, -0.05) is 151 Å². The maximum atomic E-state index is 6.09. The van der Waals surface area contributed by atoms with Crippen LogP contribution in [0.4, 0.5) is 0 Å². The van der Waals surface area contributed by atoms with E-state index in [0.717, 1.165) is 0 Å². The Morgan fingerprint density at radius 1 is 0.472 bits per heavy atom. The van der Waals surface area contributed by atoms with E-state index in [1.54, 1.807) is 0 Å². The van der Waals surface area contributed by atoms with Crippen LogP contribution in [0.2, 0.25) is 24.2 Å². The third-order valence-corrected chi connectivity index (χ3v) is 18.4. The Hall–Kier alpha value is 1.05. The van der Waals surface area contributed by atoms with Gasteiger partial charge in [-0.2, -0.15) is 0 Å². The van der Waals surface area contributed by atoms with Crippen molar-refractivity contribution in [2.75, 3.05) is 25.7 Å². The molecule has 0 aliphatic rings. The van der Waals surface area contributed by atoms with Gasteiger partial charge in [-0.3, -0.25) is 0 Å². The van der Waals surface area contributed by atoms with E-state index in [9.17, 15) is 0 Å².